The molecule has 0 radical (unpaired) electrons. The molecule has 2 saturated heterocycles. The fraction of sp³-hybridized carbons (Fsp3) is 0.440. The van der Waals surface area contributed by atoms with Crippen molar-refractivity contribution in [1.82, 2.24) is 14.1 Å². The second-order valence-electron chi connectivity index (χ2n) is 9.01. The van der Waals surface area contributed by atoms with Gasteiger partial charge in [-0.3, -0.25) is 14.5 Å². The highest BCUT2D eigenvalue weighted by atomic mass is 32.2. The van der Waals surface area contributed by atoms with Gasteiger partial charge in [0.25, 0.3) is 0 Å². The average molecular weight is 485 g/mol. The summed E-state index contributed by atoms with van der Waals surface area (Å²) in [6, 6.07) is 14.4. The maximum atomic E-state index is 12.8. The first kappa shape index (κ1) is 24.4. The number of carbonyl (C=O) groups is 2. The number of aryl methyl sites for hydroxylation is 1. The topological polar surface area (TPSA) is 90.0 Å². The van der Waals surface area contributed by atoms with Crippen LogP contribution in [0.25, 0.3) is 0 Å². The Morgan fingerprint density at radius 3 is 2.26 bits per heavy atom. The minimum Gasteiger partial charge on any atom is -0.340 e. The van der Waals surface area contributed by atoms with Gasteiger partial charge in [-0.25, -0.2) is 8.42 Å². The Kier molecular flexibility index (Phi) is 7.65. The molecule has 0 atom stereocenters. The molecule has 2 heterocycles. The zero-order valence-electron chi connectivity index (χ0n) is 19.6. The molecule has 0 aromatic heterocycles. The highest BCUT2D eigenvalue weighted by molar-refractivity contribution is 7.89. The zero-order chi connectivity index (χ0) is 24.1. The SMILES string of the molecule is Cc1ccc(CC(=O)N2CCN(CC(=O)Nc3cccc(S(=O)(=O)N4CCCC4)c3)CC2)cc1. The molecule has 0 unspecified atom stereocenters. The molecule has 9 heteroatoms. The van der Waals surface area contributed by atoms with E-state index in [2.05, 4.69) is 5.32 Å². The van der Waals surface area contributed by atoms with E-state index >= 15 is 0 Å². The Labute approximate surface area is 201 Å². The fourth-order valence-electron chi connectivity index (χ4n) is 4.36. The highest BCUT2D eigenvalue weighted by Crippen LogP contribution is 2.23. The van der Waals surface area contributed by atoms with Crippen molar-refractivity contribution in [1.29, 1.82) is 0 Å². The fourth-order valence-corrected chi connectivity index (χ4v) is 5.93. The predicted molar refractivity (Wildman–Crippen MR) is 131 cm³/mol. The zero-order valence-corrected chi connectivity index (χ0v) is 20.4. The summed E-state index contributed by atoms with van der Waals surface area (Å²) in [5.41, 5.74) is 2.64. The molecule has 0 saturated carbocycles. The molecule has 2 aliphatic heterocycles. The Morgan fingerprint density at radius 1 is 0.912 bits per heavy atom. The number of sulfonamides is 1. The van der Waals surface area contributed by atoms with Crippen LogP contribution in [0.2, 0.25) is 0 Å². The van der Waals surface area contributed by atoms with Gasteiger partial charge in [0, 0.05) is 45.0 Å². The molecular formula is C25H32N4O4S. The van der Waals surface area contributed by atoms with E-state index in [4.69, 9.17) is 0 Å². The van der Waals surface area contributed by atoms with Gasteiger partial charge in [0.05, 0.1) is 17.9 Å². The molecule has 0 spiro atoms. The first-order chi connectivity index (χ1) is 16.3. The smallest absolute Gasteiger partial charge is 0.243 e. The maximum Gasteiger partial charge on any atom is 0.243 e. The van der Waals surface area contributed by atoms with Crippen molar-refractivity contribution < 1.29 is 18.0 Å². The lowest BCUT2D eigenvalue weighted by Gasteiger charge is -2.34. The van der Waals surface area contributed by atoms with Crippen LogP contribution in [-0.4, -0.2) is 80.2 Å². The quantitative estimate of drug-likeness (QED) is 0.650. The molecule has 2 aliphatic rings. The lowest BCUT2D eigenvalue weighted by molar-refractivity contribution is -0.132. The minimum atomic E-state index is -3.53. The van der Waals surface area contributed by atoms with Crippen molar-refractivity contribution in [2.24, 2.45) is 0 Å². The molecule has 2 amide bonds. The van der Waals surface area contributed by atoms with E-state index in [0.29, 0.717) is 51.4 Å². The van der Waals surface area contributed by atoms with E-state index in [0.717, 1.165) is 18.4 Å². The van der Waals surface area contributed by atoms with Crippen molar-refractivity contribution in [3.63, 3.8) is 0 Å². The number of anilines is 1. The molecule has 8 nitrogen and oxygen atoms in total. The predicted octanol–water partition coefficient (Wildman–Crippen LogP) is 2.10. The van der Waals surface area contributed by atoms with Crippen molar-refractivity contribution in [3.8, 4) is 0 Å². The van der Waals surface area contributed by atoms with Crippen LogP contribution in [-0.2, 0) is 26.0 Å². The lowest BCUT2D eigenvalue weighted by Crippen LogP contribution is -2.50. The van der Waals surface area contributed by atoms with Crippen LogP contribution in [0.3, 0.4) is 0 Å². The number of hydrogen-bond acceptors (Lipinski definition) is 5. The molecule has 182 valence electrons. The van der Waals surface area contributed by atoms with Gasteiger partial charge >= 0.3 is 0 Å². The van der Waals surface area contributed by atoms with Gasteiger partial charge in [0.15, 0.2) is 0 Å². The summed E-state index contributed by atoms with van der Waals surface area (Å²) in [7, 11) is -3.53. The molecule has 0 bridgehead atoms. The van der Waals surface area contributed by atoms with Gasteiger partial charge in [-0.2, -0.15) is 4.31 Å². The molecule has 2 aromatic carbocycles. The second kappa shape index (κ2) is 10.7. The number of amides is 2. The van der Waals surface area contributed by atoms with Crippen LogP contribution in [0, 0.1) is 6.92 Å². The Bertz CT molecular complexity index is 1120. The van der Waals surface area contributed by atoms with Gasteiger partial charge in [0.2, 0.25) is 21.8 Å². The summed E-state index contributed by atoms with van der Waals surface area (Å²) >= 11 is 0. The van der Waals surface area contributed by atoms with Gasteiger partial charge in [-0.1, -0.05) is 35.9 Å². The van der Waals surface area contributed by atoms with Crippen LogP contribution in [0.15, 0.2) is 53.4 Å². The normalized spacial score (nSPS) is 17.6. The third-order valence-corrected chi connectivity index (χ3v) is 8.28. The maximum absolute atomic E-state index is 12.8. The summed E-state index contributed by atoms with van der Waals surface area (Å²) in [4.78, 5) is 29.3. The largest absolute Gasteiger partial charge is 0.340 e. The van der Waals surface area contributed by atoms with Crippen LogP contribution < -0.4 is 5.32 Å². The van der Waals surface area contributed by atoms with Gasteiger partial charge < -0.3 is 10.2 Å². The van der Waals surface area contributed by atoms with Gasteiger partial charge in [-0.15, -0.1) is 0 Å². The van der Waals surface area contributed by atoms with Crippen LogP contribution in [0.5, 0.6) is 0 Å². The van der Waals surface area contributed by atoms with Crippen LogP contribution in [0.4, 0.5) is 5.69 Å². The summed E-state index contributed by atoms with van der Waals surface area (Å²) in [6.45, 7) is 5.71. The standard InChI is InChI=1S/C25H32N4O4S/c1-20-7-9-21(10-8-20)17-25(31)28-15-13-27(14-16-28)19-24(30)26-22-5-4-6-23(18-22)34(32,33)29-11-2-3-12-29/h4-10,18H,2-3,11-17,19H2,1H3,(H,26,30). The minimum absolute atomic E-state index is 0.101. The summed E-state index contributed by atoms with van der Waals surface area (Å²) < 4.78 is 27.0. The first-order valence-electron chi connectivity index (χ1n) is 11.8. The van der Waals surface area contributed by atoms with Gasteiger partial charge in [-0.05, 0) is 43.5 Å². The Morgan fingerprint density at radius 2 is 1.59 bits per heavy atom. The van der Waals surface area contributed by atoms with Crippen molar-refractivity contribution in [2.75, 3.05) is 51.1 Å². The molecule has 34 heavy (non-hydrogen) atoms. The van der Waals surface area contributed by atoms with Crippen molar-refractivity contribution >= 4 is 27.5 Å². The number of nitrogens with one attached hydrogen (secondary N) is 1. The van der Waals surface area contributed by atoms with E-state index in [1.165, 1.54) is 15.9 Å². The van der Waals surface area contributed by atoms with Crippen molar-refractivity contribution in [3.05, 3.63) is 59.7 Å². The van der Waals surface area contributed by atoms with Gasteiger partial charge in [0.1, 0.15) is 0 Å². The summed E-state index contributed by atoms with van der Waals surface area (Å²) in [6.07, 6.45) is 2.14. The number of piperazine rings is 1. The van der Waals surface area contributed by atoms with E-state index in [-0.39, 0.29) is 23.3 Å². The third kappa shape index (κ3) is 6.02. The summed E-state index contributed by atoms with van der Waals surface area (Å²) in [5, 5.41) is 2.82. The van der Waals surface area contributed by atoms with Crippen LogP contribution >= 0.6 is 0 Å². The number of nitrogens with zero attached hydrogens (tertiary/aromatic N) is 3. The highest BCUT2D eigenvalue weighted by Gasteiger charge is 2.27. The number of carbonyl (C=O) groups excluding carboxylic acids is 2. The Balaban J connectivity index is 1.26. The number of rotatable bonds is 7. The summed E-state index contributed by atoms with van der Waals surface area (Å²) in [5.74, 6) is -0.0980. The van der Waals surface area contributed by atoms with E-state index in [1.807, 2.05) is 41.0 Å². The monoisotopic (exact) mass is 484 g/mol. The lowest BCUT2D eigenvalue weighted by atomic mass is 10.1. The Hall–Kier alpha value is -2.75. The molecule has 4 rings (SSSR count). The van der Waals surface area contributed by atoms with Crippen molar-refractivity contribution in [2.45, 2.75) is 31.1 Å². The molecule has 0 aliphatic carbocycles. The van der Waals surface area contributed by atoms with Crippen LogP contribution in [0.1, 0.15) is 24.0 Å². The first-order valence-corrected chi connectivity index (χ1v) is 13.2. The van der Waals surface area contributed by atoms with E-state index in [1.54, 1.807) is 18.2 Å². The van der Waals surface area contributed by atoms with E-state index in [9.17, 15) is 18.0 Å². The number of benzene rings is 2. The molecule has 2 aromatic rings. The van der Waals surface area contributed by atoms with E-state index < -0.39 is 10.0 Å². The molecular weight excluding hydrogens is 452 g/mol. The molecule has 2 fully saturated rings. The average Bonchev–Trinajstić information content (AvgIpc) is 3.37. The third-order valence-electron chi connectivity index (χ3n) is 6.39. The number of hydrogen-bond donors (Lipinski definition) is 1. The second-order valence-corrected chi connectivity index (χ2v) is 10.9. The molecule has 1 N–H and O–H groups in total.